The Morgan fingerprint density at radius 2 is 2.15 bits per heavy atom. The number of nitrogens with two attached hydrogens (primary N) is 1. The van der Waals surface area contributed by atoms with Crippen molar-refractivity contribution < 1.29 is 0 Å². The molecule has 1 aromatic carbocycles. The monoisotopic (exact) mass is 239 g/mol. The lowest BCUT2D eigenvalue weighted by atomic mass is 10.0. The Hall–Kier alpha value is -0.340. The van der Waals surface area contributed by atoms with Crippen LogP contribution >= 0.6 is 15.9 Å². The van der Waals surface area contributed by atoms with Gasteiger partial charge in [0.1, 0.15) is 0 Å². The van der Waals surface area contributed by atoms with E-state index in [0.717, 1.165) is 6.42 Å². The maximum atomic E-state index is 6.05. The molecule has 2 N–H and O–H groups in total. The first-order valence-corrected chi connectivity index (χ1v) is 5.42. The summed E-state index contributed by atoms with van der Waals surface area (Å²) >= 11 is 3.53. The fourth-order valence-electron chi connectivity index (χ4n) is 1.49. The Bertz CT molecular complexity index is 329. The van der Waals surface area contributed by atoms with Crippen molar-refractivity contribution in [1.82, 2.24) is 0 Å². The van der Waals surface area contributed by atoms with Gasteiger partial charge in [-0.2, -0.15) is 0 Å². The highest BCUT2D eigenvalue weighted by atomic mass is 79.9. The Labute approximate surface area is 87.5 Å². The Balaban J connectivity index is 2.17. The van der Waals surface area contributed by atoms with Crippen molar-refractivity contribution in [3.8, 4) is 0 Å². The summed E-state index contributed by atoms with van der Waals surface area (Å²) in [7, 11) is 0. The van der Waals surface area contributed by atoms with Gasteiger partial charge in [0, 0.05) is 10.0 Å². The number of halogens is 1. The standard InChI is InChI=1S/C11H14BrN/c1-8-2-3-9(6-10(8)12)7-11(13)4-5-11/h2-3,6H,4-5,7,13H2,1H3. The molecule has 1 saturated carbocycles. The number of hydrogen-bond acceptors (Lipinski definition) is 1. The highest BCUT2D eigenvalue weighted by Crippen LogP contribution is 2.36. The zero-order chi connectivity index (χ0) is 9.47. The molecule has 0 atom stereocenters. The van der Waals surface area contributed by atoms with E-state index < -0.39 is 0 Å². The first-order valence-electron chi connectivity index (χ1n) is 4.63. The molecule has 2 rings (SSSR count). The molecule has 2 heteroatoms. The molecule has 0 aliphatic heterocycles. The van der Waals surface area contributed by atoms with E-state index in [9.17, 15) is 0 Å². The summed E-state index contributed by atoms with van der Waals surface area (Å²) in [6.07, 6.45) is 3.38. The molecule has 0 amide bonds. The Morgan fingerprint density at radius 1 is 1.46 bits per heavy atom. The molecule has 70 valence electrons. The van der Waals surface area contributed by atoms with E-state index >= 15 is 0 Å². The van der Waals surface area contributed by atoms with Crippen LogP contribution in [0.5, 0.6) is 0 Å². The van der Waals surface area contributed by atoms with E-state index in [1.807, 2.05) is 0 Å². The summed E-state index contributed by atoms with van der Waals surface area (Å²) in [6.45, 7) is 2.10. The highest BCUT2D eigenvalue weighted by molar-refractivity contribution is 9.10. The van der Waals surface area contributed by atoms with Gasteiger partial charge in [-0.3, -0.25) is 0 Å². The van der Waals surface area contributed by atoms with Gasteiger partial charge < -0.3 is 5.73 Å². The van der Waals surface area contributed by atoms with E-state index in [2.05, 4.69) is 41.1 Å². The fraction of sp³-hybridized carbons (Fsp3) is 0.455. The van der Waals surface area contributed by atoms with Gasteiger partial charge in [0.2, 0.25) is 0 Å². The molecule has 0 unspecified atom stereocenters. The Morgan fingerprint density at radius 3 is 2.69 bits per heavy atom. The van der Waals surface area contributed by atoms with Crippen LogP contribution in [0.1, 0.15) is 24.0 Å². The van der Waals surface area contributed by atoms with Crippen molar-refractivity contribution in [1.29, 1.82) is 0 Å². The summed E-state index contributed by atoms with van der Waals surface area (Å²) < 4.78 is 1.19. The minimum Gasteiger partial charge on any atom is -0.325 e. The predicted molar refractivity (Wildman–Crippen MR) is 58.7 cm³/mol. The summed E-state index contributed by atoms with van der Waals surface area (Å²) in [5.74, 6) is 0. The summed E-state index contributed by atoms with van der Waals surface area (Å²) in [6, 6.07) is 6.50. The lowest BCUT2D eigenvalue weighted by molar-refractivity contribution is 0.672. The SMILES string of the molecule is Cc1ccc(CC2(N)CC2)cc1Br. The molecule has 0 heterocycles. The lowest BCUT2D eigenvalue weighted by Gasteiger charge is -2.09. The summed E-state index contributed by atoms with van der Waals surface area (Å²) in [4.78, 5) is 0. The molecule has 1 aliphatic rings. The molecular weight excluding hydrogens is 226 g/mol. The van der Waals surface area contributed by atoms with Crippen molar-refractivity contribution >= 4 is 15.9 Å². The summed E-state index contributed by atoms with van der Waals surface area (Å²) in [5.41, 5.74) is 8.80. The second kappa shape index (κ2) is 3.10. The van der Waals surface area contributed by atoms with Crippen molar-refractivity contribution in [2.45, 2.75) is 31.7 Å². The second-order valence-electron chi connectivity index (χ2n) is 4.12. The molecule has 1 aliphatic carbocycles. The van der Waals surface area contributed by atoms with E-state index in [1.54, 1.807) is 0 Å². The van der Waals surface area contributed by atoms with Crippen LogP contribution < -0.4 is 5.73 Å². The molecule has 0 bridgehead atoms. The quantitative estimate of drug-likeness (QED) is 0.845. The summed E-state index contributed by atoms with van der Waals surface area (Å²) in [5, 5.41) is 0. The topological polar surface area (TPSA) is 26.0 Å². The van der Waals surface area contributed by atoms with Gasteiger partial charge in [-0.1, -0.05) is 28.1 Å². The molecule has 0 aromatic heterocycles. The van der Waals surface area contributed by atoms with Gasteiger partial charge >= 0.3 is 0 Å². The van der Waals surface area contributed by atoms with Crippen LogP contribution in [-0.4, -0.2) is 5.54 Å². The van der Waals surface area contributed by atoms with Gasteiger partial charge in [0.05, 0.1) is 0 Å². The molecule has 0 spiro atoms. The average molecular weight is 240 g/mol. The van der Waals surface area contributed by atoms with Crippen molar-refractivity contribution in [3.63, 3.8) is 0 Å². The van der Waals surface area contributed by atoms with Crippen LogP contribution in [-0.2, 0) is 6.42 Å². The molecule has 1 aromatic rings. The van der Waals surface area contributed by atoms with Crippen LogP contribution in [0.2, 0.25) is 0 Å². The normalized spacial score (nSPS) is 18.7. The van der Waals surface area contributed by atoms with Crippen molar-refractivity contribution in [2.75, 3.05) is 0 Å². The maximum Gasteiger partial charge on any atom is 0.0207 e. The Kier molecular flexibility index (Phi) is 2.20. The highest BCUT2D eigenvalue weighted by Gasteiger charge is 2.37. The van der Waals surface area contributed by atoms with Gasteiger partial charge in [-0.25, -0.2) is 0 Å². The van der Waals surface area contributed by atoms with Crippen LogP contribution in [0.3, 0.4) is 0 Å². The predicted octanol–water partition coefficient (Wildman–Crippen LogP) is 2.79. The molecule has 1 nitrogen and oxygen atoms in total. The third kappa shape index (κ3) is 2.12. The van der Waals surface area contributed by atoms with Crippen molar-refractivity contribution in [3.05, 3.63) is 33.8 Å². The molecule has 0 radical (unpaired) electrons. The first-order chi connectivity index (χ1) is 6.09. The van der Waals surface area contributed by atoms with E-state index in [-0.39, 0.29) is 5.54 Å². The third-order valence-electron chi connectivity index (χ3n) is 2.68. The zero-order valence-electron chi connectivity index (χ0n) is 7.81. The molecule has 1 fully saturated rings. The largest absolute Gasteiger partial charge is 0.325 e. The number of aryl methyl sites for hydroxylation is 1. The molecule has 13 heavy (non-hydrogen) atoms. The number of hydrogen-bond donors (Lipinski definition) is 1. The first kappa shape index (κ1) is 9.22. The van der Waals surface area contributed by atoms with E-state index in [0.29, 0.717) is 0 Å². The van der Waals surface area contributed by atoms with E-state index in [4.69, 9.17) is 5.73 Å². The smallest absolute Gasteiger partial charge is 0.0207 e. The number of rotatable bonds is 2. The van der Waals surface area contributed by atoms with Gasteiger partial charge in [0.25, 0.3) is 0 Å². The van der Waals surface area contributed by atoms with Gasteiger partial charge in [-0.05, 0) is 43.4 Å². The molecule has 0 saturated heterocycles. The van der Waals surface area contributed by atoms with E-state index in [1.165, 1.54) is 28.4 Å². The average Bonchev–Trinajstić information content (AvgIpc) is 2.76. The van der Waals surface area contributed by atoms with Crippen LogP contribution in [0.25, 0.3) is 0 Å². The number of benzene rings is 1. The van der Waals surface area contributed by atoms with Crippen molar-refractivity contribution in [2.24, 2.45) is 5.73 Å². The van der Waals surface area contributed by atoms with Crippen LogP contribution in [0, 0.1) is 6.92 Å². The molecular formula is C11H14BrN. The van der Waals surface area contributed by atoms with Gasteiger partial charge in [0.15, 0.2) is 0 Å². The third-order valence-corrected chi connectivity index (χ3v) is 3.54. The second-order valence-corrected chi connectivity index (χ2v) is 4.98. The fourth-order valence-corrected chi connectivity index (χ4v) is 1.92. The zero-order valence-corrected chi connectivity index (χ0v) is 9.39. The van der Waals surface area contributed by atoms with Crippen LogP contribution in [0.15, 0.2) is 22.7 Å². The van der Waals surface area contributed by atoms with Crippen LogP contribution in [0.4, 0.5) is 0 Å². The maximum absolute atomic E-state index is 6.05. The lowest BCUT2D eigenvalue weighted by Crippen LogP contribution is -2.24. The minimum atomic E-state index is 0.120. The van der Waals surface area contributed by atoms with Gasteiger partial charge in [-0.15, -0.1) is 0 Å². The minimum absolute atomic E-state index is 0.120.